The minimum atomic E-state index is 0.518. The van der Waals surface area contributed by atoms with E-state index in [0.717, 1.165) is 18.7 Å². The second-order valence-electron chi connectivity index (χ2n) is 3.67. The predicted molar refractivity (Wildman–Crippen MR) is 68.3 cm³/mol. The van der Waals surface area contributed by atoms with Gasteiger partial charge in [-0.15, -0.1) is 15.0 Å². The van der Waals surface area contributed by atoms with Gasteiger partial charge in [-0.2, -0.15) is 0 Å². The molecule has 6 nitrogen and oxygen atoms in total. The Morgan fingerprint density at radius 3 is 2.94 bits per heavy atom. The van der Waals surface area contributed by atoms with Crippen LogP contribution < -0.4 is 10.1 Å². The highest BCUT2D eigenvalue weighted by atomic mass is 35.5. The maximum Gasteiger partial charge on any atom is 0.176 e. The Balaban J connectivity index is 2.20. The van der Waals surface area contributed by atoms with Gasteiger partial charge in [0.1, 0.15) is 5.75 Å². The third-order valence-electron chi connectivity index (χ3n) is 2.42. The highest BCUT2D eigenvalue weighted by Crippen LogP contribution is 2.25. The smallest absolute Gasteiger partial charge is 0.176 e. The van der Waals surface area contributed by atoms with E-state index in [0.29, 0.717) is 16.6 Å². The van der Waals surface area contributed by atoms with Crippen molar-refractivity contribution in [1.82, 2.24) is 25.5 Å². The molecule has 0 amide bonds. The molecular formula is C11H14ClN5O. The Labute approximate surface area is 110 Å². The highest BCUT2D eigenvalue weighted by Gasteiger charge is 2.07. The zero-order chi connectivity index (χ0) is 13.0. The number of ether oxygens (including phenoxy) is 1. The van der Waals surface area contributed by atoms with Crippen LogP contribution in [0.5, 0.6) is 5.75 Å². The Hall–Kier alpha value is -1.66. The number of methoxy groups -OCH3 is 1. The van der Waals surface area contributed by atoms with E-state index < -0.39 is 0 Å². The molecule has 96 valence electrons. The van der Waals surface area contributed by atoms with Gasteiger partial charge in [-0.3, -0.25) is 0 Å². The fraction of sp³-hybridized carbons (Fsp3) is 0.364. The van der Waals surface area contributed by atoms with Crippen molar-refractivity contribution in [3.8, 4) is 11.4 Å². The molecule has 1 heterocycles. The van der Waals surface area contributed by atoms with Gasteiger partial charge in [0.15, 0.2) is 5.82 Å². The number of hydrogen-bond donors (Lipinski definition) is 1. The third-order valence-corrected chi connectivity index (χ3v) is 2.72. The molecule has 2 aromatic rings. The van der Waals surface area contributed by atoms with Crippen molar-refractivity contribution in [3.05, 3.63) is 29.0 Å². The largest absolute Gasteiger partial charge is 0.495 e. The van der Waals surface area contributed by atoms with E-state index in [4.69, 9.17) is 16.3 Å². The topological polar surface area (TPSA) is 64.9 Å². The molecule has 2 rings (SSSR count). The molecule has 18 heavy (non-hydrogen) atoms. The molecule has 0 radical (unpaired) electrons. The highest BCUT2D eigenvalue weighted by molar-refractivity contribution is 6.32. The van der Waals surface area contributed by atoms with Crippen LogP contribution in [0.2, 0.25) is 5.02 Å². The van der Waals surface area contributed by atoms with Gasteiger partial charge < -0.3 is 10.1 Å². The fourth-order valence-corrected chi connectivity index (χ4v) is 1.72. The van der Waals surface area contributed by atoms with Crippen molar-refractivity contribution in [2.24, 2.45) is 0 Å². The standard InChI is InChI=1S/C11H14ClN5O/c1-13-6-5-11-14-16-17(15-11)8-3-4-10(18-2)9(12)7-8/h3-4,7,13H,5-6H2,1-2H3. The summed E-state index contributed by atoms with van der Waals surface area (Å²) < 4.78 is 5.09. The maximum atomic E-state index is 6.05. The summed E-state index contributed by atoms with van der Waals surface area (Å²) in [5.74, 6) is 1.31. The summed E-state index contributed by atoms with van der Waals surface area (Å²) in [6.07, 6.45) is 0.736. The van der Waals surface area contributed by atoms with Gasteiger partial charge in [0.2, 0.25) is 0 Å². The van der Waals surface area contributed by atoms with Crippen molar-refractivity contribution in [2.45, 2.75) is 6.42 Å². The first-order valence-corrected chi connectivity index (χ1v) is 5.90. The van der Waals surface area contributed by atoms with Crippen molar-refractivity contribution in [2.75, 3.05) is 20.7 Å². The van der Waals surface area contributed by atoms with Crippen LogP contribution in [-0.4, -0.2) is 40.9 Å². The lowest BCUT2D eigenvalue weighted by Gasteiger charge is -2.04. The van der Waals surface area contributed by atoms with Crippen LogP contribution in [-0.2, 0) is 6.42 Å². The molecule has 0 bridgehead atoms. The van der Waals surface area contributed by atoms with E-state index in [1.807, 2.05) is 13.1 Å². The van der Waals surface area contributed by atoms with Crippen LogP contribution in [0.1, 0.15) is 5.82 Å². The number of nitrogens with one attached hydrogen (secondary N) is 1. The van der Waals surface area contributed by atoms with Crippen LogP contribution in [0.25, 0.3) is 5.69 Å². The molecule has 0 aliphatic rings. The summed E-state index contributed by atoms with van der Waals surface area (Å²) in [4.78, 5) is 1.45. The number of hydrogen-bond acceptors (Lipinski definition) is 5. The van der Waals surface area contributed by atoms with Crippen molar-refractivity contribution in [1.29, 1.82) is 0 Å². The van der Waals surface area contributed by atoms with Crippen LogP contribution in [0.3, 0.4) is 0 Å². The van der Waals surface area contributed by atoms with Crippen LogP contribution in [0, 0.1) is 0 Å². The molecule has 0 atom stereocenters. The number of aromatic nitrogens is 4. The summed E-state index contributed by atoms with van der Waals surface area (Å²) >= 11 is 6.05. The number of benzene rings is 1. The van der Waals surface area contributed by atoms with E-state index in [1.54, 1.807) is 19.2 Å². The Morgan fingerprint density at radius 1 is 1.44 bits per heavy atom. The monoisotopic (exact) mass is 267 g/mol. The fourth-order valence-electron chi connectivity index (χ4n) is 1.47. The van der Waals surface area contributed by atoms with Crippen molar-refractivity contribution >= 4 is 11.6 Å². The number of nitrogens with zero attached hydrogens (tertiary/aromatic N) is 4. The SMILES string of the molecule is CNCCc1nnn(-c2ccc(OC)c(Cl)c2)n1. The predicted octanol–water partition coefficient (Wildman–Crippen LogP) is 1.09. The molecule has 0 fully saturated rings. The second kappa shape index (κ2) is 5.79. The van der Waals surface area contributed by atoms with Gasteiger partial charge >= 0.3 is 0 Å². The van der Waals surface area contributed by atoms with Gasteiger partial charge in [0.25, 0.3) is 0 Å². The summed E-state index contributed by atoms with van der Waals surface area (Å²) in [5, 5.41) is 15.8. The normalized spacial score (nSPS) is 10.6. The Kier molecular flexibility index (Phi) is 4.11. The van der Waals surface area contributed by atoms with Crippen LogP contribution >= 0.6 is 11.6 Å². The molecule has 0 spiro atoms. The number of rotatable bonds is 5. The van der Waals surface area contributed by atoms with E-state index in [-0.39, 0.29) is 0 Å². The summed E-state index contributed by atoms with van der Waals surface area (Å²) in [6, 6.07) is 5.34. The lowest BCUT2D eigenvalue weighted by Crippen LogP contribution is -2.11. The maximum absolute atomic E-state index is 6.05. The third kappa shape index (κ3) is 2.77. The molecule has 1 aromatic heterocycles. The van der Waals surface area contributed by atoms with Gasteiger partial charge in [0, 0.05) is 13.0 Å². The zero-order valence-electron chi connectivity index (χ0n) is 10.2. The quantitative estimate of drug-likeness (QED) is 0.878. The lowest BCUT2D eigenvalue weighted by molar-refractivity contribution is 0.415. The van der Waals surface area contributed by atoms with Gasteiger partial charge in [0.05, 0.1) is 17.8 Å². The van der Waals surface area contributed by atoms with Crippen LogP contribution in [0.4, 0.5) is 0 Å². The molecule has 0 saturated carbocycles. The molecule has 1 aromatic carbocycles. The van der Waals surface area contributed by atoms with E-state index in [2.05, 4.69) is 20.7 Å². The van der Waals surface area contributed by atoms with E-state index in [1.165, 1.54) is 4.80 Å². The lowest BCUT2D eigenvalue weighted by atomic mass is 10.3. The molecule has 0 saturated heterocycles. The molecular weight excluding hydrogens is 254 g/mol. The first-order valence-electron chi connectivity index (χ1n) is 5.52. The average Bonchev–Trinajstić information content (AvgIpc) is 2.85. The van der Waals surface area contributed by atoms with Crippen molar-refractivity contribution < 1.29 is 4.74 Å². The minimum Gasteiger partial charge on any atom is -0.495 e. The number of likely N-dealkylation sites (N-methyl/N-ethyl adjacent to an activating group) is 1. The van der Waals surface area contributed by atoms with Gasteiger partial charge in [-0.25, -0.2) is 0 Å². The first kappa shape index (κ1) is 12.8. The zero-order valence-corrected chi connectivity index (χ0v) is 11.0. The average molecular weight is 268 g/mol. The molecule has 1 N–H and O–H groups in total. The Morgan fingerprint density at radius 2 is 2.28 bits per heavy atom. The molecule has 0 aliphatic heterocycles. The molecule has 0 unspecified atom stereocenters. The number of halogens is 1. The molecule has 7 heteroatoms. The van der Waals surface area contributed by atoms with E-state index in [9.17, 15) is 0 Å². The van der Waals surface area contributed by atoms with Gasteiger partial charge in [-0.1, -0.05) is 11.6 Å². The number of tetrazole rings is 1. The summed E-state index contributed by atoms with van der Waals surface area (Å²) in [7, 11) is 3.46. The van der Waals surface area contributed by atoms with E-state index >= 15 is 0 Å². The minimum absolute atomic E-state index is 0.518. The first-order chi connectivity index (χ1) is 8.74. The molecule has 0 aliphatic carbocycles. The van der Waals surface area contributed by atoms with Crippen LogP contribution in [0.15, 0.2) is 18.2 Å². The van der Waals surface area contributed by atoms with Crippen molar-refractivity contribution in [3.63, 3.8) is 0 Å². The van der Waals surface area contributed by atoms with Gasteiger partial charge in [-0.05, 0) is 30.5 Å². The summed E-state index contributed by atoms with van der Waals surface area (Å²) in [5.41, 5.74) is 0.754. The second-order valence-corrected chi connectivity index (χ2v) is 4.07. The Bertz CT molecular complexity index is 528. The summed E-state index contributed by atoms with van der Waals surface area (Å²) in [6.45, 7) is 0.815.